The van der Waals surface area contributed by atoms with Crippen LogP contribution >= 0.6 is 0 Å². The highest BCUT2D eigenvalue weighted by molar-refractivity contribution is 4.76. The Morgan fingerprint density at radius 3 is 2.44 bits per heavy atom. The van der Waals surface area contributed by atoms with Crippen LogP contribution in [0.5, 0.6) is 0 Å². The molecule has 0 saturated heterocycles. The molecule has 2 nitrogen and oxygen atoms in total. The van der Waals surface area contributed by atoms with Crippen molar-refractivity contribution in [1.29, 1.82) is 0 Å². The fraction of sp³-hybridized carbons (Fsp3) is 1.00. The molecule has 1 fully saturated rings. The molecule has 0 aromatic heterocycles. The van der Waals surface area contributed by atoms with Crippen molar-refractivity contribution < 1.29 is 0 Å². The lowest BCUT2D eigenvalue weighted by atomic mass is 9.87. The SMILES string of the molecule is CCNC(C)CCCCN(C)C1CCC(C)CC1. The van der Waals surface area contributed by atoms with Crippen molar-refractivity contribution in [3.63, 3.8) is 0 Å². The highest BCUT2D eigenvalue weighted by atomic mass is 15.1. The molecule has 1 aliphatic rings. The van der Waals surface area contributed by atoms with Crippen molar-refractivity contribution in [3.8, 4) is 0 Å². The van der Waals surface area contributed by atoms with Gasteiger partial charge in [0.1, 0.15) is 0 Å². The smallest absolute Gasteiger partial charge is 0.00924 e. The van der Waals surface area contributed by atoms with Crippen LogP contribution in [-0.4, -0.2) is 37.1 Å². The summed E-state index contributed by atoms with van der Waals surface area (Å²) in [6.45, 7) is 9.28. The first kappa shape index (κ1) is 16.0. The van der Waals surface area contributed by atoms with Crippen molar-refractivity contribution >= 4 is 0 Å². The van der Waals surface area contributed by atoms with Crippen molar-refractivity contribution in [2.75, 3.05) is 20.1 Å². The first-order valence-electron chi connectivity index (χ1n) is 8.07. The van der Waals surface area contributed by atoms with Gasteiger partial charge in [0.05, 0.1) is 0 Å². The third-order valence-electron chi connectivity index (χ3n) is 4.56. The van der Waals surface area contributed by atoms with Gasteiger partial charge in [-0.1, -0.05) is 20.3 Å². The van der Waals surface area contributed by atoms with E-state index in [0.29, 0.717) is 6.04 Å². The van der Waals surface area contributed by atoms with Gasteiger partial charge in [-0.15, -0.1) is 0 Å². The van der Waals surface area contributed by atoms with E-state index in [1.165, 1.54) is 51.5 Å². The number of unbranched alkanes of at least 4 members (excludes halogenated alkanes) is 1. The van der Waals surface area contributed by atoms with E-state index in [4.69, 9.17) is 0 Å². The monoisotopic (exact) mass is 254 g/mol. The average Bonchev–Trinajstić information content (AvgIpc) is 2.35. The minimum absolute atomic E-state index is 0.691. The lowest BCUT2D eigenvalue weighted by Crippen LogP contribution is -2.35. The van der Waals surface area contributed by atoms with Crippen LogP contribution in [0.4, 0.5) is 0 Å². The molecule has 1 rings (SSSR count). The molecule has 108 valence electrons. The summed E-state index contributed by atoms with van der Waals surface area (Å²) < 4.78 is 0. The Hall–Kier alpha value is -0.0800. The standard InChI is InChI=1S/C16H34N2/c1-5-17-15(3)8-6-7-13-18(4)16-11-9-14(2)10-12-16/h14-17H,5-13H2,1-4H3. The summed E-state index contributed by atoms with van der Waals surface area (Å²) >= 11 is 0. The Morgan fingerprint density at radius 1 is 1.17 bits per heavy atom. The summed E-state index contributed by atoms with van der Waals surface area (Å²) in [6, 6.07) is 1.56. The molecule has 0 radical (unpaired) electrons. The van der Waals surface area contributed by atoms with Crippen LogP contribution in [-0.2, 0) is 0 Å². The summed E-state index contributed by atoms with van der Waals surface area (Å²) in [6.07, 6.45) is 9.76. The minimum Gasteiger partial charge on any atom is -0.315 e. The fourth-order valence-electron chi connectivity index (χ4n) is 3.13. The maximum Gasteiger partial charge on any atom is 0.00924 e. The van der Waals surface area contributed by atoms with Crippen LogP contribution in [0, 0.1) is 5.92 Å². The van der Waals surface area contributed by atoms with Gasteiger partial charge in [-0.05, 0) is 71.5 Å². The number of hydrogen-bond acceptors (Lipinski definition) is 2. The number of rotatable bonds is 8. The molecule has 0 aromatic carbocycles. The lowest BCUT2D eigenvalue weighted by molar-refractivity contribution is 0.167. The zero-order valence-electron chi connectivity index (χ0n) is 13.0. The van der Waals surface area contributed by atoms with E-state index in [-0.39, 0.29) is 0 Å². The molecule has 1 atom stereocenters. The number of hydrogen-bond donors (Lipinski definition) is 1. The molecule has 1 saturated carbocycles. The van der Waals surface area contributed by atoms with Crippen molar-refractivity contribution in [2.45, 2.75) is 77.8 Å². The molecule has 1 aliphatic carbocycles. The summed E-state index contributed by atoms with van der Waals surface area (Å²) in [5.74, 6) is 0.968. The molecule has 2 heteroatoms. The van der Waals surface area contributed by atoms with E-state index in [9.17, 15) is 0 Å². The molecule has 0 bridgehead atoms. The first-order chi connectivity index (χ1) is 8.63. The van der Waals surface area contributed by atoms with Gasteiger partial charge in [-0.2, -0.15) is 0 Å². The molecular formula is C16H34N2. The van der Waals surface area contributed by atoms with Gasteiger partial charge in [-0.25, -0.2) is 0 Å². The Bertz CT molecular complexity index is 197. The minimum atomic E-state index is 0.691. The van der Waals surface area contributed by atoms with Gasteiger partial charge in [0.2, 0.25) is 0 Å². The van der Waals surface area contributed by atoms with E-state index in [0.717, 1.165) is 18.5 Å². The van der Waals surface area contributed by atoms with Crippen LogP contribution in [0.2, 0.25) is 0 Å². The zero-order chi connectivity index (χ0) is 13.4. The molecule has 18 heavy (non-hydrogen) atoms. The lowest BCUT2D eigenvalue weighted by Gasteiger charge is -2.33. The molecule has 0 spiro atoms. The Morgan fingerprint density at radius 2 is 1.83 bits per heavy atom. The molecule has 0 amide bonds. The second kappa shape index (κ2) is 8.92. The van der Waals surface area contributed by atoms with Crippen LogP contribution in [0.3, 0.4) is 0 Å². The molecular weight excluding hydrogens is 220 g/mol. The Labute approximate surface area is 115 Å². The zero-order valence-corrected chi connectivity index (χ0v) is 13.0. The van der Waals surface area contributed by atoms with Gasteiger partial charge < -0.3 is 10.2 Å². The Kier molecular flexibility index (Phi) is 7.92. The first-order valence-corrected chi connectivity index (χ1v) is 8.07. The summed E-state index contributed by atoms with van der Waals surface area (Å²) in [5.41, 5.74) is 0. The third kappa shape index (κ3) is 6.19. The van der Waals surface area contributed by atoms with E-state index in [2.05, 4.69) is 38.0 Å². The fourth-order valence-corrected chi connectivity index (χ4v) is 3.13. The molecule has 1 unspecified atom stereocenters. The van der Waals surface area contributed by atoms with E-state index in [1.807, 2.05) is 0 Å². The van der Waals surface area contributed by atoms with Crippen molar-refractivity contribution in [1.82, 2.24) is 10.2 Å². The summed E-state index contributed by atoms with van der Waals surface area (Å²) in [5, 5.41) is 3.49. The largest absolute Gasteiger partial charge is 0.315 e. The maximum atomic E-state index is 3.49. The highest BCUT2D eigenvalue weighted by Crippen LogP contribution is 2.26. The second-order valence-corrected chi connectivity index (χ2v) is 6.35. The second-order valence-electron chi connectivity index (χ2n) is 6.35. The van der Waals surface area contributed by atoms with Gasteiger partial charge in [0.25, 0.3) is 0 Å². The van der Waals surface area contributed by atoms with E-state index < -0.39 is 0 Å². The molecule has 1 N–H and O–H groups in total. The van der Waals surface area contributed by atoms with E-state index >= 15 is 0 Å². The quantitative estimate of drug-likeness (QED) is 0.665. The van der Waals surface area contributed by atoms with E-state index in [1.54, 1.807) is 0 Å². The topological polar surface area (TPSA) is 15.3 Å². The van der Waals surface area contributed by atoms with Crippen molar-refractivity contribution in [3.05, 3.63) is 0 Å². The predicted octanol–water partition coefficient (Wildman–Crippen LogP) is 3.67. The predicted molar refractivity (Wildman–Crippen MR) is 81.0 cm³/mol. The normalized spacial score (nSPS) is 26.5. The highest BCUT2D eigenvalue weighted by Gasteiger charge is 2.21. The van der Waals surface area contributed by atoms with Crippen LogP contribution in [0.25, 0.3) is 0 Å². The summed E-state index contributed by atoms with van der Waals surface area (Å²) in [7, 11) is 2.33. The summed E-state index contributed by atoms with van der Waals surface area (Å²) in [4.78, 5) is 2.61. The van der Waals surface area contributed by atoms with Gasteiger partial charge in [0, 0.05) is 12.1 Å². The Balaban J connectivity index is 2.04. The van der Waals surface area contributed by atoms with Crippen molar-refractivity contribution in [2.24, 2.45) is 5.92 Å². The molecule has 0 aliphatic heterocycles. The third-order valence-corrected chi connectivity index (χ3v) is 4.56. The van der Waals surface area contributed by atoms with Crippen LogP contribution in [0.15, 0.2) is 0 Å². The number of nitrogens with one attached hydrogen (secondary N) is 1. The number of nitrogens with zero attached hydrogens (tertiary/aromatic N) is 1. The van der Waals surface area contributed by atoms with Gasteiger partial charge >= 0.3 is 0 Å². The average molecular weight is 254 g/mol. The maximum absolute atomic E-state index is 3.49. The molecule has 0 aromatic rings. The molecule has 0 heterocycles. The van der Waals surface area contributed by atoms with Gasteiger partial charge in [0.15, 0.2) is 0 Å². The van der Waals surface area contributed by atoms with Crippen LogP contribution < -0.4 is 5.32 Å². The van der Waals surface area contributed by atoms with Crippen LogP contribution in [0.1, 0.15) is 65.7 Å². The van der Waals surface area contributed by atoms with Gasteiger partial charge in [-0.3, -0.25) is 0 Å².